The van der Waals surface area contributed by atoms with Gasteiger partial charge in [-0.2, -0.15) is 16.9 Å². The van der Waals surface area contributed by atoms with Crippen LogP contribution in [0.2, 0.25) is 0 Å². The van der Waals surface area contributed by atoms with Crippen molar-refractivity contribution in [2.75, 3.05) is 18.6 Å². The van der Waals surface area contributed by atoms with Crippen LogP contribution in [0.5, 0.6) is 0 Å². The maximum Gasteiger partial charge on any atom is 0.137 e. The van der Waals surface area contributed by atoms with Gasteiger partial charge in [0.1, 0.15) is 12.7 Å². The summed E-state index contributed by atoms with van der Waals surface area (Å²) >= 11 is 1.66. The molecule has 6 heteroatoms. The van der Waals surface area contributed by atoms with Crippen molar-refractivity contribution in [3.63, 3.8) is 0 Å². The van der Waals surface area contributed by atoms with E-state index in [9.17, 15) is 5.11 Å². The standard InChI is InChI=1S/C11H22N4OS/c1-10(4-5-15-9-12-8-14-15)13-6-11(2,16)7-17-3/h8-10,13,16H,4-7H2,1-3H3. The SMILES string of the molecule is CSCC(C)(O)CNC(C)CCn1cncn1. The second-order valence-corrected chi connectivity index (χ2v) is 5.53. The molecule has 1 aromatic rings. The predicted octanol–water partition coefficient (Wildman–Crippen LogP) is 0.760. The molecule has 0 aliphatic carbocycles. The quantitative estimate of drug-likeness (QED) is 0.721. The van der Waals surface area contributed by atoms with Crippen LogP contribution in [0.1, 0.15) is 20.3 Å². The molecule has 0 bridgehead atoms. The molecule has 1 rings (SSSR count). The number of thioether (sulfide) groups is 1. The molecular formula is C11H22N4OS. The van der Waals surface area contributed by atoms with Crippen LogP contribution in [0.3, 0.4) is 0 Å². The number of aliphatic hydroxyl groups is 1. The zero-order valence-corrected chi connectivity index (χ0v) is 11.6. The van der Waals surface area contributed by atoms with E-state index in [2.05, 4.69) is 22.3 Å². The molecular weight excluding hydrogens is 236 g/mol. The molecule has 0 saturated heterocycles. The van der Waals surface area contributed by atoms with Gasteiger partial charge in [0.25, 0.3) is 0 Å². The molecule has 0 fully saturated rings. The van der Waals surface area contributed by atoms with E-state index >= 15 is 0 Å². The first-order valence-electron chi connectivity index (χ1n) is 5.80. The van der Waals surface area contributed by atoms with Crippen LogP contribution in [0, 0.1) is 0 Å². The largest absolute Gasteiger partial charge is 0.388 e. The Morgan fingerprint density at radius 3 is 2.94 bits per heavy atom. The van der Waals surface area contributed by atoms with E-state index in [4.69, 9.17) is 0 Å². The predicted molar refractivity (Wildman–Crippen MR) is 71.1 cm³/mol. The van der Waals surface area contributed by atoms with Crippen molar-refractivity contribution in [1.82, 2.24) is 20.1 Å². The van der Waals surface area contributed by atoms with E-state index in [0.717, 1.165) is 18.7 Å². The number of aromatic nitrogens is 3. The Bertz CT molecular complexity index is 302. The van der Waals surface area contributed by atoms with E-state index in [1.54, 1.807) is 24.4 Å². The van der Waals surface area contributed by atoms with Crippen molar-refractivity contribution in [1.29, 1.82) is 0 Å². The fourth-order valence-corrected chi connectivity index (χ4v) is 2.26. The second-order valence-electron chi connectivity index (χ2n) is 4.66. The molecule has 0 saturated carbocycles. The van der Waals surface area contributed by atoms with Crippen molar-refractivity contribution < 1.29 is 5.11 Å². The summed E-state index contributed by atoms with van der Waals surface area (Å²) in [5.74, 6) is 0.746. The van der Waals surface area contributed by atoms with Gasteiger partial charge >= 0.3 is 0 Å². The van der Waals surface area contributed by atoms with Gasteiger partial charge in [-0.3, -0.25) is 4.68 Å². The molecule has 5 nitrogen and oxygen atoms in total. The molecule has 2 unspecified atom stereocenters. The van der Waals surface area contributed by atoms with Crippen molar-refractivity contribution in [3.8, 4) is 0 Å². The number of nitrogens with zero attached hydrogens (tertiary/aromatic N) is 3. The molecule has 0 spiro atoms. The molecule has 1 aromatic heterocycles. The molecule has 2 N–H and O–H groups in total. The van der Waals surface area contributed by atoms with E-state index in [-0.39, 0.29) is 0 Å². The van der Waals surface area contributed by atoms with Crippen LogP contribution in [-0.2, 0) is 6.54 Å². The molecule has 0 aliphatic rings. The molecule has 17 heavy (non-hydrogen) atoms. The van der Waals surface area contributed by atoms with Gasteiger partial charge in [-0.25, -0.2) is 4.98 Å². The Labute approximate surface area is 107 Å². The van der Waals surface area contributed by atoms with Crippen molar-refractivity contribution in [3.05, 3.63) is 12.7 Å². The van der Waals surface area contributed by atoms with Gasteiger partial charge in [-0.1, -0.05) is 0 Å². The number of hydrogen-bond donors (Lipinski definition) is 2. The minimum atomic E-state index is -0.638. The average Bonchev–Trinajstić information content (AvgIpc) is 2.76. The normalized spacial score (nSPS) is 16.7. The minimum Gasteiger partial charge on any atom is -0.388 e. The third-order valence-electron chi connectivity index (χ3n) is 2.54. The molecule has 0 aliphatic heterocycles. The third kappa shape index (κ3) is 6.05. The topological polar surface area (TPSA) is 63.0 Å². The van der Waals surface area contributed by atoms with E-state index in [1.165, 1.54) is 0 Å². The van der Waals surface area contributed by atoms with E-state index in [0.29, 0.717) is 12.6 Å². The Hall–Kier alpha value is -0.590. The summed E-state index contributed by atoms with van der Waals surface area (Å²) < 4.78 is 1.82. The highest BCUT2D eigenvalue weighted by Crippen LogP contribution is 2.09. The summed E-state index contributed by atoms with van der Waals surface area (Å²) in [6.07, 6.45) is 6.24. The zero-order chi connectivity index (χ0) is 12.7. The van der Waals surface area contributed by atoms with Crippen molar-refractivity contribution >= 4 is 11.8 Å². The number of rotatable bonds is 8. The van der Waals surface area contributed by atoms with Crippen LogP contribution in [0.25, 0.3) is 0 Å². The highest BCUT2D eigenvalue weighted by Gasteiger charge is 2.19. The first-order chi connectivity index (χ1) is 8.03. The Balaban J connectivity index is 2.18. The van der Waals surface area contributed by atoms with Gasteiger partial charge in [-0.15, -0.1) is 0 Å². The lowest BCUT2D eigenvalue weighted by molar-refractivity contribution is 0.0815. The number of hydrogen-bond acceptors (Lipinski definition) is 5. The van der Waals surface area contributed by atoms with Crippen LogP contribution >= 0.6 is 11.8 Å². The van der Waals surface area contributed by atoms with Gasteiger partial charge in [0.05, 0.1) is 5.60 Å². The smallest absolute Gasteiger partial charge is 0.137 e. The highest BCUT2D eigenvalue weighted by atomic mass is 32.2. The van der Waals surface area contributed by atoms with Gasteiger partial charge in [-0.05, 0) is 26.5 Å². The molecule has 0 amide bonds. The van der Waals surface area contributed by atoms with E-state index < -0.39 is 5.60 Å². The lowest BCUT2D eigenvalue weighted by Gasteiger charge is -2.25. The van der Waals surface area contributed by atoms with Crippen LogP contribution in [-0.4, -0.2) is 50.1 Å². The Kier molecular flexibility index (Phi) is 5.94. The minimum absolute atomic E-state index is 0.354. The number of nitrogens with one attached hydrogen (secondary N) is 1. The maximum atomic E-state index is 10.0. The summed E-state index contributed by atoms with van der Waals surface area (Å²) in [4.78, 5) is 3.90. The van der Waals surface area contributed by atoms with E-state index in [1.807, 2.05) is 17.9 Å². The summed E-state index contributed by atoms with van der Waals surface area (Å²) in [6.45, 7) is 5.44. The van der Waals surface area contributed by atoms with Gasteiger partial charge < -0.3 is 10.4 Å². The first kappa shape index (κ1) is 14.5. The molecule has 98 valence electrons. The lowest BCUT2D eigenvalue weighted by Crippen LogP contribution is -2.43. The monoisotopic (exact) mass is 258 g/mol. The summed E-state index contributed by atoms with van der Waals surface area (Å²) in [6, 6.07) is 0.354. The molecule has 1 heterocycles. The second kappa shape index (κ2) is 6.98. The Morgan fingerprint density at radius 2 is 2.35 bits per heavy atom. The maximum absolute atomic E-state index is 10.0. The first-order valence-corrected chi connectivity index (χ1v) is 7.20. The molecule has 2 atom stereocenters. The van der Waals surface area contributed by atoms with Crippen molar-refractivity contribution in [2.24, 2.45) is 0 Å². The van der Waals surface area contributed by atoms with Crippen molar-refractivity contribution in [2.45, 2.75) is 38.5 Å². The average molecular weight is 258 g/mol. The van der Waals surface area contributed by atoms with Gasteiger partial charge in [0, 0.05) is 24.9 Å². The number of aryl methyl sites for hydroxylation is 1. The third-order valence-corrected chi connectivity index (χ3v) is 3.46. The van der Waals surface area contributed by atoms with Gasteiger partial charge in [0.2, 0.25) is 0 Å². The molecule has 0 aromatic carbocycles. The highest BCUT2D eigenvalue weighted by molar-refractivity contribution is 7.98. The van der Waals surface area contributed by atoms with Gasteiger partial charge in [0.15, 0.2) is 0 Å². The van der Waals surface area contributed by atoms with Crippen LogP contribution in [0.15, 0.2) is 12.7 Å². The zero-order valence-electron chi connectivity index (χ0n) is 10.8. The Morgan fingerprint density at radius 1 is 1.59 bits per heavy atom. The fraction of sp³-hybridized carbons (Fsp3) is 0.818. The summed E-state index contributed by atoms with van der Waals surface area (Å²) in [5, 5.41) is 17.4. The lowest BCUT2D eigenvalue weighted by atomic mass is 10.1. The van der Waals surface area contributed by atoms with Crippen LogP contribution in [0.4, 0.5) is 0 Å². The molecule has 0 radical (unpaired) electrons. The summed E-state index contributed by atoms with van der Waals surface area (Å²) in [7, 11) is 0. The van der Waals surface area contributed by atoms with Crippen LogP contribution < -0.4 is 5.32 Å². The fourth-order valence-electron chi connectivity index (χ4n) is 1.53. The summed E-state index contributed by atoms with van der Waals surface area (Å²) in [5.41, 5.74) is -0.638.